The van der Waals surface area contributed by atoms with E-state index in [1.54, 1.807) is 0 Å². The van der Waals surface area contributed by atoms with Gasteiger partial charge in [0, 0.05) is 18.1 Å². The van der Waals surface area contributed by atoms with E-state index in [-0.39, 0.29) is 12.1 Å². The van der Waals surface area contributed by atoms with E-state index in [4.69, 9.17) is 4.74 Å². The molecule has 1 saturated heterocycles. The molecule has 1 fully saturated rings. The summed E-state index contributed by atoms with van der Waals surface area (Å²) in [4.78, 5) is 2.56. The minimum Gasteiger partial charge on any atom is -0.394 e. The quantitative estimate of drug-likeness (QED) is 0.681. The first-order valence-electron chi connectivity index (χ1n) is 8.26. The molecule has 20 heavy (non-hydrogen) atoms. The second-order valence-electron chi connectivity index (χ2n) is 6.45. The highest BCUT2D eigenvalue weighted by Gasteiger charge is 2.27. The average molecular weight is 286 g/mol. The number of nitrogens with one attached hydrogen (secondary N) is 1. The first-order chi connectivity index (χ1) is 9.54. The van der Waals surface area contributed by atoms with Gasteiger partial charge in [0.1, 0.15) is 0 Å². The van der Waals surface area contributed by atoms with Gasteiger partial charge in [0.2, 0.25) is 0 Å². The number of nitrogens with zero attached hydrogens (tertiary/aromatic N) is 1. The fraction of sp³-hybridized carbons (Fsp3) is 1.00. The number of hydrogen-bond acceptors (Lipinski definition) is 4. The standard InChI is InChI=1S/C16H34N2O2/c1-5-9-17-16(4,13-19)8-7-10-18-11-14(3)20-12-15(18)6-2/h14-15,17,19H,5-13H2,1-4H3. The van der Waals surface area contributed by atoms with Crippen molar-refractivity contribution in [3.05, 3.63) is 0 Å². The van der Waals surface area contributed by atoms with Gasteiger partial charge in [-0.25, -0.2) is 0 Å². The predicted molar refractivity (Wildman–Crippen MR) is 84.1 cm³/mol. The Balaban J connectivity index is 2.36. The molecule has 4 nitrogen and oxygen atoms in total. The lowest BCUT2D eigenvalue weighted by Gasteiger charge is -2.39. The Kier molecular flexibility index (Phi) is 8.03. The molecule has 0 aliphatic carbocycles. The largest absolute Gasteiger partial charge is 0.394 e. The van der Waals surface area contributed by atoms with Crippen LogP contribution in [0.15, 0.2) is 0 Å². The van der Waals surface area contributed by atoms with E-state index in [2.05, 4.69) is 37.9 Å². The summed E-state index contributed by atoms with van der Waals surface area (Å²) in [7, 11) is 0. The van der Waals surface area contributed by atoms with Crippen molar-refractivity contribution in [1.29, 1.82) is 0 Å². The first-order valence-corrected chi connectivity index (χ1v) is 8.26. The van der Waals surface area contributed by atoms with E-state index in [1.807, 2.05) is 0 Å². The van der Waals surface area contributed by atoms with Gasteiger partial charge < -0.3 is 15.2 Å². The summed E-state index contributed by atoms with van der Waals surface area (Å²) >= 11 is 0. The molecule has 0 bridgehead atoms. The van der Waals surface area contributed by atoms with E-state index in [0.29, 0.717) is 12.1 Å². The molecular weight excluding hydrogens is 252 g/mol. The number of hydrogen-bond donors (Lipinski definition) is 2. The topological polar surface area (TPSA) is 44.7 Å². The van der Waals surface area contributed by atoms with Gasteiger partial charge in [-0.3, -0.25) is 4.90 Å². The summed E-state index contributed by atoms with van der Waals surface area (Å²) in [6, 6.07) is 0.565. The Morgan fingerprint density at radius 1 is 1.40 bits per heavy atom. The highest BCUT2D eigenvalue weighted by Crippen LogP contribution is 2.17. The van der Waals surface area contributed by atoms with Gasteiger partial charge in [0.15, 0.2) is 0 Å². The smallest absolute Gasteiger partial charge is 0.0674 e. The molecule has 0 saturated carbocycles. The van der Waals surface area contributed by atoms with Crippen molar-refractivity contribution in [3.8, 4) is 0 Å². The second kappa shape index (κ2) is 8.98. The summed E-state index contributed by atoms with van der Waals surface area (Å²) in [5, 5.41) is 13.1. The summed E-state index contributed by atoms with van der Waals surface area (Å²) in [5.74, 6) is 0. The zero-order valence-electron chi connectivity index (χ0n) is 13.8. The van der Waals surface area contributed by atoms with Crippen LogP contribution in [0, 0.1) is 0 Å². The molecule has 0 spiro atoms. The van der Waals surface area contributed by atoms with Crippen molar-refractivity contribution in [2.24, 2.45) is 0 Å². The van der Waals surface area contributed by atoms with E-state index in [9.17, 15) is 5.11 Å². The molecule has 3 unspecified atom stereocenters. The third kappa shape index (κ3) is 5.68. The lowest BCUT2D eigenvalue weighted by Crippen LogP contribution is -2.50. The fourth-order valence-corrected chi connectivity index (χ4v) is 2.89. The monoisotopic (exact) mass is 286 g/mol. The van der Waals surface area contributed by atoms with E-state index in [0.717, 1.165) is 51.9 Å². The van der Waals surface area contributed by atoms with Crippen LogP contribution in [0.1, 0.15) is 53.4 Å². The van der Waals surface area contributed by atoms with Crippen LogP contribution in [0.4, 0.5) is 0 Å². The van der Waals surface area contributed by atoms with Gasteiger partial charge >= 0.3 is 0 Å². The van der Waals surface area contributed by atoms with Crippen molar-refractivity contribution in [1.82, 2.24) is 10.2 Å². The first kappa shape index (κ1) is 17.9. The maximum absolute atomic E-state index is 9.59. The molecule has 1 aliphatic rings. The van der Waals surface area contributed by atoms with Crippen molar-refractivity contribution in [3.63, 3.8) is 0 Å². The molecule has 3 atom stereocenters. The highest BCUT2D eigenvalue weighted by molar-refractivity contribution is 4.84. The van der Waals surface area contributed by atoms with Crippen LogP contribution in [0.25, 0.3) is 0 Å². The van der Waals surface area contributed by atoms with Gasteiger partial charge in [-0.1, -0.05) is 13.8 Å². The van der Waals surface area contributed by atoms with Gasteiger partial charge in [0.25, 0.3) is 0 Å². The van der Waals surface area contributed by atoms with Crippen molar-refractivity contribution in [2.75, 3.05) is 32.8 Å². The van der Waals surface area contributed by atoms with Gasteiger partial charge in [-0.05, 0) is 52.6 Å². The van der Waals surface area contributed by atoms with Crippen LogP contribution in [0.3, 0.4) is 0 Å². The zero-order valence-corrected chi connectivity index (χ0v) is 13.8. The molecule has 1 rings (SSSR count). The molecule has 1 aliphatic heterocycles. The Morgan fingerprint density at radius 3 is 2.75 bits per heavy atom. The van der Waals surface area contributed by atoms with E-state index in [1.165, 1.54) is 0 Å². The minimum atomic E-state index is -0.129. The normalized spacial score (nSPS) is 27.4. The fourth-order valence-electron chi connectivity index (χ4n) is 2.89. The maximum atomic E-state index is 9.59. The predicted octanol–water partition coefficient (Wildman–Crippen LogP) is 2.02. The molecule has 1 heterocycles. The molecule has 0 aromatic carbocycles. The number of aliphatic hydroxyl groups excluding tert-OH is 1. The Bertz CT molecular complexity index is 263. The number of ether oxygens (including phenoxy) is 1. The number of aliphatic hydroxyl groups is 1. The zero-order chi connectivity index (χ0) is 15.0. The third-order valence-electron chi connectivity index (χ3n) is 4.38. The maximum Gasteiger partial charge on any atom is 0.0674 e. The number of morpholine rings is 1. The van der Waals surface area contributed by atoms with Crippen LogP contribution in [-0.4, -0.2) is 60.5 Å². The second-order valence-corrected chi connectivity index (χ2v) is 6.45. The molecule has 2 N–H and O–H groups in total. The van der Waals surface area contributed by atoms with Crippen LogP contribution >= 0.6 is 0 Å². The molecule has 0 amide bonds. The molecule has 0 aromatic rings. The summed E-state index contributed by atoms with van der Waals surface area (Å²) in [6.07, 6.45) is 4.75. The Labute approximate surface area is 124 Å². The van der Waals surface area contributed by atoms with Crippen molar-refractivity contribution in [2.45, 2.75) is 71.1 Å². The van der Waals surface area contributed by atoms with E-state index >= 15 is 0 Å². The lowest BCUT2D eigenvalue weighted by atomic mass is 9.96. The van der Waals surface area contributed by atoms with Crippen LogP contribution in [0.5, 0.6) is 0 Å². The summed E-state index contributed by atoms with van der Waals surface area (Å²) in [6.45, 7) is 12.9. The van der Waals surface area contributed by atoms with E-state index < -0.39 is 0 Å². The average Bonchev–Trinajstić information content (AvgIpc) is 2.45. The van der Waals surface area contributed by atoms with Crippen LogP contribution in [-0.2, 0) is 4.74 Å². The van der Waals surface area contributed by atoms with Gasteiger partial charge in [-0.15, -0.1) is 0 Å². The van der Waals surface area contributed by atoms with Crippen molar-refractivity contribution < 1.29 is 9.84 Å². The Hall–Kier alpha value is -0.160. The van der Waals surface area contributed by atoms with Crippen LogP contribution < -0.4 is 5.32 Å². The summed E-state index contributed by atoms with van der Waals surface area (Å²) in [5.41, 5.74) is -0.129. The minimum absolute atomic E-state index is 0.129. The summed E-state index contributed by atoms with van der Waals surface area (Å²) < 4.78 is 5.74. The lowest BCUT2D eigenvalue weighted by molar-refractivity contribution is -0.0567. The third-order valence-corrected chi connectivity index (χ3v) is 4.38. The molecule has 120 valence electrons. The molecular formula is C16H34N2O2. The SMILES string of the molecule is CCCNC(C)(CO)CCCN1CC(C)OCC1CC. The number of rotatable bonds is 9. The Morgan fingerprint density at radius 2 is 2.15 bits per heavy atom. The van der Waals surface area contributed by atoms with Crippen molar-refractivity contribution >= 4 is 0 Å². The highest BCUT2D eigenvalue weighted by atomic mass is 16.5. The van der Waals surface area contributed by atoms with Crippen LogP contribution in [0.2, 0.25) is 0 Å². The molecule has 0 aromatic heterocycles. The van der Waals surface area contributed by atoms with Gasteiger partial charge in [0.05, 0.1) is 19.3 Å². The van der Waals surface area contributed by atoms with Gasteiger partial charge in [-0.2, -0.15) is 0 Å². The molecule has 0 radical (unpaired) electrons. The molecule has 4 heteroatoms.